The summed E-state index contributed by atoms with van der Waals surface area (Å²) in [5.41, 5.74) is 23.4. The van der Waals surface area contributed by atoms with Crippen LogP contribution in [0.3, 0.4) is 0 Å². The van der Waals surface area contributed by atoms with Crippen LogP contribution in [0.5, 0.6) is 0 Å². The smallest absolute Gasteiger partial charge is 0.187 e. The molecule has 0 aliphatic heterocycles. The Morgan fingerprint density at radius 3 is 0.990 bits per heavy atom. The van der Waals surface area contributed by atoms with Crippen LogP contribution in [0, 0.1) is 29.2 Å². The lowest BCUT2D eigenvalue weighted by Gasteiger charge is -2.19. The van der Waals surface area contributed by atoms with Gasteiger partial charge in [-0.25, -0.2) is 19.8 Å². The molecule has 98 heavy (non-hydrogen) atoms. The number of fused-ring (bicyclic) bond motifs is 6. The Bertz CT molecular complexity index is 5610. The van der Waals surface area contributed by atoms with Crippen LogP contribution >= 0.6 is 0 Å². The van der Waals surface area contributed by atoms with E-state index in [1.807, 2.05) is 109 Å². The summed E-state index contributed by atoms with van der Waals surface area (Å²) in [5, 5.41) is 24.6. The van der Waals surface area contributed by atoms with Gasteiger partial charge in [-0.2, -0.15) is 10.5 Å². The maximum atomic E-state index is 10.3. The average molecular weight is 1250 g/mol. The third-order valence-corrected chi connectivity index (χ3v) is 18.7. The number of hydrogen-bond donors (Lipinski definition) is 0. The zero-order chi connectivity index (χ0) is 65.6. The van der Waals surface area contributed by atoms with Crippen molar-refractivity contribution in [1.82, 2.24) is 24.1 Å². The molecular weight excluding hydrogens is 1190 g/mol. The molecule has 0 N–H and O–H groups in total. The zero-order valence-electron chi connectivity index (χ0n) is 52.8. The van der Waals surface area contributed by atoms with Crippen LogP contribution in [0.4, 0.5) is 5.69 Å². The van der Waals surface area contributed by atoms with E-state index < -0.39 is 0 Å². The van der Waals surface area contributed by atoms with Crippen LogP contribution in [0.25, 0.3) is 172 Å². The highest BCUT2D eigenvalue weighted by atomic mass is 15.1. The van der Waals surface area contributed by atoms with Crippen molar-refractivity contribution < 1.29 is 0 Å². The van der Waals surface area contributed by atoms with Crippen molar-refractivity contribution in [2.45, 2.75) is 0 Å². The van der Waals surface area contributed by atoms with Gasteiger partial charge in [-0.05, 0) is 181 Å². The van der Waals surface area contributed by atoms with Gasteiger partial charge in [0.25, 0.3) is 0 Å². The number of aromatic nitrogens is 5. The van der Waals surface area contributed by atoms with Gasteiger partial charge in [0.15, 0.2) is 23.2 Å². The van der Waals surface area contributed by atoms with Gasteiger partial charge in [-0.15, -0.1) is 0 Å². The summed E-state index contributed by atoms with van der Waals surface area (Å²) >= 11 is 0. The van der Waals surface area contributed by atoms with Crippen molar-refractivity contribution in [2.24, 2.45) is 0 Å². The molecule has 0 aliphatic rings. The van der Waals surface area contributed by atoms with Gasteiger partial charge in [0.2, 0.25) is 0 Å². The van der Waals surface area contributed by atoms with Gasteiger partial charge in [0.05, 0.1) is 63.3 Å². The summed E-state index contributed by atoms with van der Waals surface area (Å²) < 4.78 is 4.69. The lowest BCUT2D eigenvalue weighted by atomic mass is 9.97. The van der Waals surface area contributed by atoms with Crippen LogP contribution in [0.2, 0.25) is 0 Å². The van der Waals surface area contributed by atoms with E-state index in [1.165, 1.54) is 0 Å². The van der Waals surface area contributed by atoms with Gasteiger partial charge in [-0.1, -0.05) is 224 Å². The molecule has 0 amide bonds. The minimum Gasteiger partial charge on any atom is -0.308 e. The Kier molecular flexibility index (Phi) is 14.5. The molecule has 17 aromatic rings. The molecule has 8 heteroatoms. The summed E-state index contributed by atoms with van der Waals surface area (Å²) in [4.78, 5) is 21.2. The van der Waals surface area contributed by atoms with Crippen molar-refractivity contribution >= 4 is 49.3 Å². The van der Waals surface area contributed by atoms with E-state index in [0.29, 0.717) is 45.4 Å². The standard InChI is InChI=1S/C90H54N8/c1-93-73-29-17-28-66(49-73)72-41-47-87(98-84-44-38-69(62-23-10-4-11-24-62)52-78(84)79-53-70(39-45-85(79)98)63-25-12-5-13-26-63)81(55-72)90-95-88(75-31-15-14-30-74(75)64-34-32-58(56-91)33-35-64)94-89(96-90)80-54-71(65-27-16-18-59(48-65)57-92)40-46-86(80)97-82-42-36-67(60-19-6-2-7-20-60)50-76(82)77-51-68(37-43-83(77)97)61-21-8-3-9-22-61/h2-55H. The number of nitriles is 2. The van der Waals surface area contributed by atoms with Gasteiger partial charge in [-0.3, -0.25) is 0 Å². The van der Waals surface area contributed by atoms with Crippen molar-refractivity contribution in [3.8, 4) is 136 Å². The molecular formula is C90H54N8. The Hall–Kier alpha value is -13.8. The Morgan fingerprint density at radius 1 is 0.255 bits per heavy atom. The summed E-state index contributed by atoms with van der Waals surface area (Å²) in [6.45, 7) is 8.12. The van der Waals surface area contributed by atoms with Crippen molar-refractivity contribution in [2.75, 3.05) is 0 Å². The maximum Gasteiger partial charge on any atom is 0.187 e. The molecule has 454 valence electrons. The highest BCUT2D eigenvalue weighted by Gasteiger charge is 2.26. The normalized spacial score (nSPS) is 11.2. The first-order chi connectivity index (χ1) is 48.4. The van der Waals surface area contributed by atoms with E-state index in [9.17, 15) is 10.5 Å². The van der Waals surface area contributed by atoms with Crippen molar-refractivity contribution in [3.05, 3.63) is 350 Å². The van der Waals surface area contributed by atoms with E-state index in [0.717, 1.165) is 138 Å². The molecule has 0 spiro atoms. The van der Waals surface area contributed by atoms with Gasteiger partial charge >= 0.3 is 0 Å². The van der Waals surface area contributed by atoms with Crippen LogP contribution in [0.15, 0.2) is 328 Å². The first-order valence-corrected chi connectivity index (χ1v) is 32.4. The van der Waals surface area contributed by atoms with Gasteiger partial charge < -0.3 is 9.13 Å². The Balaban J connectivity index is 0.982. The van der Waals surface area contributed by atoms with Gasteiger partial charge in [0, 0.05) is 38.2 Å². The number of hydrogen-bond acceptors (Lipinski definition) is 5. The van der Waals surface area contributed by atoms with E-state index in [2.05, 4.69) is 245 Å². The monoisotopic (exact) mass is 1250 g/mol. The minimum absolute atomic E-state index is 0.401. The topological polar surface area (TPSA) is 100 Å². The minimum atomic E-state index is 0.401. The van der Waals surface area contributed by atoms with Gasteiger partial charge in [0.1, 0.15) is 0 Å². The predicted molar refractivity (Wildman–Crippen MR) is 399 cm³/mol. The van der Waals surface area contributed by atoms with Crippen molar-refractivity contribution in [1.29, 1.82) is 10.5 Å². The van der Waals surface area contributed by atoms with Crippen LogP contribution in [-0.4, -0.2) is 24.1 Å². The van der Waals surface area contributed by atoms with Crippen LogP contribution in [0.1, 0.15) is 11.1 Å². The summed E-state index contributed by atoms with van der Waals surface area (Å²) in [6, 6.07) is 118. The molecule has 14 aromatic carbocycles. The average Bonchev–Trinajstić information content (AvgIpc) is 1.60. The highest BCUT2D eigenvalue weighted by Crippen LogP contribution is 2.45. The summed E-state index contributed by atoms with van der Waals surface area (Å²) in [5.74, 6) is 1.22. The molecule has 3 heterocycles. The fraction of sp³-hybridized carbons (Fsp3) is 0. The number of benzene rings is 14. The predicted octanol–water partition coefficient (Wildman–Crippen LogP) is 23.0. The third kappa shape index (κ3) is 10.5. The quantitative estimate of drug-likeness (QED) is 0.113. The molecule has 0 radical (unpaired) electrons. The molecule has 0 unspecified atom stereocenters. The molecule has 0 aliphatic carbocycles. The number of nitrogens with zero attached hydrogens (tertiary/aromatic N) is 8. The highest BCUT2D eigenvalue weighted by molar-refractivity contribution is 6.14. The van der Waals surface area contributed by atoms with Crippen LogP contribution < -0.4 is 0 Å². The van der Waals surface area contributed by atoms with E-state index in [4.69, 9.17) is 21.5 Å². The first-order valence-electron chi connectivity index (χ1n) is 32.4. The van der Waals surface area contributed by atoms with E-state index in [-0.39, 0.29) is 0 Å². The molecule has 0 fully saturated rings. The SMILES string of the molecule is [C-]#[N+]c1cccc(-c2ccc(-n3c4ccc(-c5ccccc5)cc4c4cc(-c5ccccc5)ccc43)c(-c3nc(-c4ccccc4-c4ccc(C#N)cc4)nc(-c4cc(-c5cccc(C#N)c5)ccc4-n4c5ccc(-c6ccccc6)cc5c5cc(-c6ccccc6)ccc54)n3)c2)c1. The molecule has 0 bridgehead atoms. The number of rotatable bonds is 12. The fourth-order valence-electron chi connectivity index (χ4n) is 13.9. The molecule has 0 saturated carbocycles. The lowest BCUT2D eigenvalue weighted by molar-refractivity contribution is 1.06. The largest absolute Gasteiger partial charge is 0.308 e. The van der Waals surface area contributed by atoms with E-state index in [1.54, 1.807) is 0 Å². The molecule has 8 nitrogen and oxygen atoms in total. The Morgan fingerprint density at radius 2 is 0.582 bits per heavy atom. The zero-order valence-corrected chi connectivity index (χ0v) is 52.8. The molecule has 17 rings (SSSR count). The third-order valence-electron chi connectivity index (χ3n) is 18.7. The second-order valence-electron chi connectivity index (χ2n) is 24.4. The summed E-state index contributed by atoms with van der Waals surface area (Å²) in [7, 11) is 0. The fourth-order valence-corrected chi connectivity index (χ4v) is 13.9. The van der Waals surface area contributed by atoms with Crippen LogP contribution in [-0.2, 0) is 0 Å². The van der Waals surface area contributed by atoms with E-state index >= 15 is 0 Å². The molecule has 0 saturated heterocycles. The van der Waals surface area contributed by atoms with Crippen molar-refractivity contribution in [3.63, 3.8) is 0 Å². The molecule has 0 atom stereocenters. The Labute approximate surface area is 566 Å². The lowest BCUT2D eigenvalue weighted by Crippen LogP contribution is -2.06. The summed E-state index contributed by atoms with van der Waals surface area (Å²) in [6.07, 6.45) is 0. The molecule has 3 aromatic heterocycles. The first kappa shape index (κ1) is 58.0. The second-order valence-corrected chi connectivity index (χ2v) is 24.4. The second kappa shape index (κ2) is 24.6. The maximum absolute atomic E-state index is 10.3.